The molecule has 180 valence electrons. The zero-order valence-electron chi connectivity index (χ0n) is 18.3. The number of carbonyl (C=O) groups is 1. The number of ether oxygens (including phenoxy) is 2. The van der Waals surface area contributed by atoms with Crippen molar-refractivity contribution in [1.29, 1.82) is 0 Å². The number of nitro benzene ring substituents is 1. The highest BCUT2D eigenvalue weighted by Crippen LogP contribution is 2.30. The number of amides is 1. The number of anilines is 1. The van der Waals surface area contributed by atoms with Gasteiger partial charge in [0.2, 0.25) is 15.9 Å². The topological polar surface area (TPSA) is 146 Å². The molecule has 13 heteroatoms. The first kappa shape index (κ1) is 23.6. The third-order valence-corrected chi connectivity index (χ3v) is 7.16. The molecule has 0 radical (unpaired) electrons. The van der Waals surface area contributed by atoms with Crippen LogP contribution >= 0.6 is 0 Å². The lowest BCUT2D eigenvalue weighted by Crippen LogP contribution is -2.40. The highest BCUT2D eigenvalue weighted by molar-refractivity contribution is 7.89. The van der Waals surface area contributed by atoms with Crippen molar-refractivity contribution in [2.24, 2.45) is 0 Å². The SMILES string of the molecule is CCOc1ccc(S(=O)(=O)N2CCOCC2)cc1NC(=O)Cn1ncc2cc([N+](=O)[O-])ccc21. The Morgan fingerprint density at radius 3 is 2.71 bits per heavy atom. The lowest BCUT2D eigenvalue weighted by Gasteiger charge is -2.26. The fourth-order valence-corrected chi connectivity index (χ4v) is 5.06. The van der Waals surface area contributed by atoms with Gasteiger partial charge < -0.3 is 14.8 Å². The molecule has 0 spiro atoms. The molecule has 12 nitrogen and oxygen atoms in total. The molecule has 1 amide bonds. The minimum absolute atomic E-state index is 0.0324. The fourth-order valence-electron chi connectivity index (χ4n) is 3.62. The van der Waals surface area contributed by atoms with Gasteiger partial charge in [-0.3, -0.25) is 19.6 Å². The monoisotopic (exact) mass is 489 g/mol. The van der Waals surface area contributed by atoms with Gasteiger partial charge in [-0.15, -0.1) is 0 Å². The minimum atomic E-state index is -3.77. The molecule has 1 aliphatic heterocycles. The summed E-state index contributed by atoms with van der Waals surface area (Å²) in [7, 11) is -3.77. The van der Waals surface area contributed by atoms with E-state index in [-0.39, 0.29) is 35.9 Å². The van der Waals surface area contributed by atoms with Gasteiger partial charge in [-0.25, -0.2) is 8.42 Å². The third kappa shape index (κ3) is 4.85. The maximum absolute atomic E-state index is 13.0. The predicted octanol–water partition coefficient (Wildman–Crippen LogP) is 2.00. The number of rotatable bonds is 8. The fraction of sp³-hybridized carbons (Fsp3) is 0.333. The normalized spacial score (nSPS) is 14.7. The van der Waals surface area contributed by atoms with Gasteiger partial charge in [0.15, 0.2) is 0 Å². The molecule has 1 aromatic heterocycles. The molecule has 4 rings (SSSR count). The Morgan fingerprint density at radius 1 is 1.24 bits per heavy atom. The second-order valence-corrected chi connectivity index (χ2v) is 9.40. The number of hydrogen-bond donors (Lipinski definition) is 1. The number of aromatic nitrogens is 2. The van der Waals surface area contributed by atoms with Crippen molar-refractivity contribution in [3.05, 3.63) is 52.7 Å². The van der Waals surface area contributed by atoms with E-state index >= 15 is 0 Å². The molecule has 34 heavy (non-hydrogen) atoms. The van der Waals surface area contributed by atoms with Gasteiger partial charge in [-0.1, -0.05) is 0 Å². The van der Waals surface area contributed by atoms with Crippen LogP contribution in [0, 0.1) is 10.1 Å². The largest absolute Gasteiger partial charge is 0.492 e. The molecular formula is C21H23N5O7S. The van der Waals surface area contributed by atoms with E-state index in [1.54, 1.807) is 6.92 Å². The second kappa shape index (κ2) is 9.75. The number of nitro groups is 1. The lowest BCUT2D eigenvalue weighted by molar-refractivity contribution is -0.384. The first-order valence-corrected chi connectivity index (χ1v) is 12.0. The average Bonchev–Trinajstić information content (AvgIpc) is 3.22. The van der Waals surface area contributed by atoms with Crippen molar-refractivity contribution in [1.82, 2.24) is 14.1 Å². The van der Waals surface area contributed by atoms with Crippen molar-refractivity contribution >= 4 is 38.2 Å². The number of non-ortho nitro benzene ring substituents is 1. The van der Waals surface area contributed by atoms with Crippen LogP contribution in [0.2, 0.25) is 0 Å². The van der Waals surface area contributed by atoms with E-state index in [0.29, 0.717) is 36.5 Å². The van der Waals surface area contributed by atoms with E-state index in [0.717, 1.165) is 0 Å². The number of morpholine rings is 1. The van der Waals surface area contributed by atoms with Crippen LogP contribution in [0.4, 0.5) is 11.4 Å². The van der Waals surface area contributed by atoms with Gasteiger partial charge in [0.05, 0.1) is 47.0 Å². The van der Waals surface area contributed by atoms with Gasteiger partial charge >= 0.3 is 0 Å². The first-order chi connectivity index (χ1) is 16.3. The van der Waals surface area contributed by atoms with Crippen LogP contribution in [-0.2, 0) is 26.1 Å². The van der Waals surface area contributed by atoms with Crippen LogP contribution in [0.3, 0.4) is 0 Å². The Labute approximate surface area is 195 Å². The van der Waals surface area contributed by atoms with Crippen LogP contribution in [0.25, 0.3) is 10.9 Å². The number of sulfonamides is 1. The van der Waals surface area contributed by atoms with Crippen LogP contribution in [0.1, 0.15) is 6.92 Å². The van der Waals surface area contributed by atoms with E-state index in [4.69, 9.17) is 9.47 Å². The summed E-state index contributed by atoms with van der Waals surface area (Å²) in [6.45, 7) is 3.05. The van der Waals surface area contributed by atoms with Gasteiger partial charge in [-0.2, -0.15) is 9.40 Å². The Bertz CT molecular complexity index is 1330. The summed E-state index contributed by atoms with van der Waals surface area (Å²) in [4.78, 5) is 23.3. The quantitative estimate of drug-likeness (QED) is 0.373. The smallest absolute Gasteiger partial charge is 0.270 e. The Kier molecular flexibility index (Phi) is 6.77. The average molecular weight is 490 g/mol. The Hall–Kier alpha value is -3.55. The molecule has 2 heterocycles. The second-order valence-electron chi connectivity index (χ2n) is 7.46. The molecule has 1 saturated heterocycles. The number of carbonyl (C=O) groups excluding carboxylic acids is 1. The van der Waals surface area contributed by atoms with Crippen molar-refractivity contribution in [2.45, 2.75) is 18.4 Å². The summed E-state index contributed by atoms with van der Waals surface area (Å²) in [5.41, 5.74) is 0.693. The van der Waals surface area contributed by atoms with E-state index in [2.05, 4.69) is 10.4 Å². The molecule has 1 N–H and O–H groups in total. The summed E-state index contributed by atoms with van der Waals surface area (Å²) in [5.74, 6) is -0.136. The molecule has 1 aliphatic rings. The molecule has 0 unspecified atom stereocenters. The molecule has 0 aliphatic carbocycles. The van der Waals surface area contributed by atoms with Crippen molar-refractivity contribution in [2.75, 3.05) is 38.2 Å². The standard InChI is InChI=1S/C21H23N5O7S/c1-2-33-20-6-4-17(34(30,31)24-7-9-32-10-8-24)12-18(20)23-21(27)14-25-19-5-3-16(26(28)29)11-15(19)13-22-25/h3-6,11-13H,2,7-10,14H2,1H3,(H,23,27). The highest BCUT2D eigenvalue weighted by atomic mass is 32.2. The van der Waals surface area contributed by atoms with Crippen LogP contribution in [-0.4, -0.2) is 66.2 Å². The molecule has 1 fully saturated rings. The van der Waals surface area contributed by atoms with Gasteiger partial charge in [0, 0.05) is 30.6 Å². The first-order valence-electron chi connectivity index (χ1n) is 10.5. The van der Waals surface area contributed by atoms with Crippen LogP contribution in [0.5, 0.6) is 5.75 Å². The molecular weight excluding hydrogens is 466 g/mol. The number of nitrogens with zero attached hydrogens (tertiary/aromatic N) is 4. The van der Waals surface area contributed by atoms with E-state index < -0.39 is 20.9 Å². The maximum Gasteiger partial charge on any atom is 0.270 e. The molecule has 0 bridgehead atoms. The zero-order valence-corrected chi connectivity index (χ0v) is 19.2. The number of nitrogens with one attached hydrogen (secondary N) is 1. The van der Waals surface area contributed by atoms with Gasteiger partial charge in [-0.05, 0) is 31.2 Å². The van der Waals surface area contributed by atoms with Crippen molar-refractivity contribution in [3.63, 3.8) is 0 Å². The highest BCUT2D eigenvalue weighted by Gasteiger charge is 2.27. The summed E-state index contributed by atoms with van der Waals surface area (Å²) >= 11 is 0. The summed E-state index contributed by atoms with van der Waals surface area (Å²) in [5, 5.41) is 18.3. The van der Waals surface area contributed by atoms with E-state index in [9.17, 15) is 23.3 Å². The summed E-state index contributed by atoms with van der Waals surface area (Å²) in [6, 6.07) is 8.57. The molecule has 2 aromatic carbocycles. The van der Waals surface area contributed by atoms with E-state index in [1.807, 2.05) is 0 Å². The summed E-state index contributed by atoms with van der Waals surface area (Å²) < 4.78 is 39.6. The zero-order chi connectivity index (χ0) is 24.3. The summed E-state index contributed by atoms with van der Waals surface area (Å²) in [6.07, 6.45) is 1.44. The minimum Gasteiger partial charge on any atom is -0.492 e. The van der Waals surface area contributed by atoms with E-state index in [1.165, 1.54) is 51.6 Å². The van der Waals surface area contributed by atoms with Crippen LogP contribution in [0.15, 0.2) is 47.5 Å². The van der Waals surface area contributed by atoms with Gasteiger partial charge in [0.1, 0.15) is 12.3 Å². The third-order valence-electron chi connectivity index (χ3n) is 5.26. The number of benzene rings is 2. The predicted molar refractivity (Wildman–Crippen MR) is 122 cm³/mol. The van der Waals surface area contributed by atoms with Crippen molar-refractivity contribution < 1.29 is 27.6 Å². The Morgan fingerprint density at radius 2 is 2.00 bits per heavy atom. The van der Waals surface area contributed by atoms with Crippen LogP contribution < -0.4 is 10.1 Å². The lowest BCUT2D eigenvalue weighted by atomic mass is 10.2. The maximum atomic E-state index is 13.0. The Balaban J connectivity index is 1.57. The van der Waals surface area contributed by atoms with Crippen molar-refractivity contribution in [3.8, 4) is 5.75 Å². The van der Waals surface area contributed by atoms with Gasteiger partial charge in [0.25, 0.3) is 5.69 Å². The number of hydrogen-bond acceptors (Lipinski definition) is 8. The molecule has 3 aromatic rings. The molecule has 0 saturated carbocycles. The number of fused-ring (bicyclic) bond motifs is 1. The molecule has 0 atom stereocenters.